The van der Waals surface area contributed by atoms with Gasteiger partial charge in [0.05, 0.1) is 0 Å². The zero-order valence-electron chi connectivity index (χ0n) is 8.71. The van der Waals surface area contributed by atoms with Crippen molar-refractivity contribution in [2.45, 2.75) is 33.2 Å². The lowest BCUT2D eigenvalue weighted by Crippen LogP contribution is -2.43. The molecule has 0 radical (unpaired) electrons. The first-order valence-corrected chi connectivity index (χ1v) is 4.26. The first kappa shape index (κ1) is 10.5. The van der Waals surface area contributed by atoms with Crippen LogP contribution in [-0.4, -0.2) is 21.8 Å². The Morgan fingerprint density at radius 3 is 2.43 bits per heavy atom. The Labute approximate surface area is 82.1 Å². The largest absolute Gasteiger partial charge is 0.408 e. The molecule has 0 fully saturated rings. The van der Waals surface area contributed by atoms with E-state index in [2.05, 4.69) is 20.8 Å². The van der Waals surface area contributed by atoms with Crippen LogP contribution in [0, 0.1) is 6.92 Å². The molecule has 0 aromatic carbocycles. The number of urea groups is 1. The van der Waals surface area contributed by atoms with Crippen molar-refractivity contribution in [2.24, 2.45) is 0 Å². The van der Waals surface area contributed by atoms with Crippen molar-refractivity contribution in [3.8, 4) is 0 Å². The molecular formula is C8H14N4O2. The second kappa shape index (κ2) is 3.65. The lowest BCUT2D eigenvalue weighted by atomic mass is 10.1. The van der Waals surface area contributed by atoms with E-state index in [9.17, 15) is 4.79 Å². The van der Waals surface area contributed by atoms with Crippen molar-refractivity contribution < 1.29 is 9.21 Å². The molecule has 1 rings (SSSR count). The normalized spacial score (nSPS) is 11.1. The molecule has 2 N–H and O–H groups in total. The molecule has 1 aromatic rings. The highest BCUT2D eigenvalue weighted by molar-refractivity contribution is 5.87. The van der Waals surface area contributed by atoms with Crippen LogP contribution in [0.25, 0.3) is 0 Å². The van der Waals surface area contributed by atoms with Gasteiger partial charge in [-0.3, -0.25) is 5.32 Å². The Morgan fingerprint density at radius 2 is 2.00 bits per heavy atom. The number of carbonyl (C=O) groups is 1. The molecule has 0 aliphatic rings. The van der Waals surface area contributed by atoms with Gasteiger partial charge in [-0.05, 0) is 20.8 Å². The lowest BCUT2D eigenvalue weighted by molar-refractivity contribution is 0.243. The minimum Gasteiger partial charge on any atom is -0.408 e. The van der Waals surface area contributed by atoms with Crippen LogP contribution in [0.5, 0.6) is 0 Å². The maximum absolute atomic E-state index is 11.3. The van der Waals surface area contributed by atoms with Crippen LogP contribution in [0.4, 0.5) is 10.8 Å². The van der Waals surface area contributed by atoms with Gasteiger partial charge in [-0.2, -0.15) is 0 Å². The summed E-state index contributed by atoms with van der Waals surface area (Å²) in [6, 6.07) is -0.259. The van der Waals surface area contributed by atoms with Crippen LogP contribution >= 0.6 is 0 Å². The van der Waals surface area contributed by atoms with Crippen LogP contribution in [0.1, 0.15) is 26.7 Å². The van der Waals surface area contributed by atoms with E-state index >= 15 is 0 Å². The van der Waals surface area contributed by atoms with E-state index in [1.54, 1.807) is 6.92 Å². The summed E-state index contributed by atoms with van der Waals surface area (Å²) in [5.41, 5.74) is -0.293. The van der Waals surface area contributed by atoms with Crippen molar-refractivity contribution in [1.82, 2.24) is 15.5 Å². The van der Waals surface area contributed by atoms with E-state index in [0.29, 0.717) is 5.89 Å². The molecule has 14 heavy (non-hydrogen) atoms. The summed E-state index contributed by atoms with van der Waals surface area (Å²) in [6.07, 6.45) is 0. The molecular weight excluding hydrogens is 184 g/mol. The monoisotopic (exact) mass is 198 g/mol. The van der Waals surface area contributed by atoms with Gasteiger partial charge < -0.3 is 9.73 Å². The van der Waals surface area contributed by atoms with Crippen LogP contribution in [0.15, 0.2) is 4.42 Å². The van der Waals surface area contributed by atoms with Gasteiger partial charge >= 0.3 is 12.0 Å². The zero-order valence-corrected chi connectivity index (χ0v) is 8.71. The molecule has 0 saturated heterocycles. The smallest absolute Gasteiger partial charge is 0.323 e. The predicted molar refractivity (Wildman–Crippen MR) is 50.9 cm³/mol. The third-order valence-electron chi connectivity index (χ3n) is 1.24. The van der Waals surface area contributed by atoms with Gasteiger partial charge in [0.1, 0.15) is 0 Å². The summed E-state index contributed by atoms with van der Waals surface area (Å²) >= 11 is 0. The molecule has 0 aliphatic carbocycles. The number of amides is 2. The average Bonchev–Trinajstić information content (AvgIpc) is 2.30. The molecule has 0 spiro atoms. The summed E-state index contributed by atoms with van der Waals surface area (Å²) in [7, 11) is 0. The standard InChI is InChI=1S/C8H14N4O2/c1-5-11-12-7(14-5)9-6(13)10-8(2,3)4/h1-4H3,(H2,9,10,12,13). The second-order valence-corrected chi connectivity index (χ2v) is 3.96. The molecule has 6 heteroatoms. The number of aryl methyl sites for hydroxylation is 1. The molecule has 78 valence electrons. The van der Waals surface area contributed by atoms with Gasteiger partial charge in [0.15, 0.2) is 0 Å². The van der Waals surface area contributed by atoms with E-state index in [1.165, 1.54) is 0 Å². The van der Waals surface area contributed by atoms with Crippen LogP contribution in [0.3, 0.4) is 0 Å². The van der Waals surface area contributed by atoms with E-state index in [4.69, 9.17) is 4.42 Å². The first-order valence-electron chi connectivity index (χ1n) is 4.26. The topological polar surface area (TPSA) is 80.0 Å². The number of anilines is 1. The molecule has 1 heterocycles. The Kier molecular flexibility index (Phi) is 2.73. The summed E-state index contributed by atoms with van der Waals surface area (Å²) < 4.78 is 4.97. The van der Waals surface area contributed by atoms with Gasteiger partial charge in [-0.15, -0.1) is 5.10 Å². The molecule has 2 amide bonds. The fourth-order valence-electron chi connectivity index (χ4n) is 0.816. The molecule has 0 aliphatic heterocycles. The van der Waals surface area contributed by atoms with Crippen molar-refractivity contribution in [2.75, 3.05) is 5.32 Å². The number of rotatable bonds is 1. The van der Waals surface area contributed by atoms with Crippen LogP contribution in [0.2, 0.25) is 0 Å². The average molecular weight is 198 g/mol. The van der Waals surface area contributed by atoms with Crippen molar-refractivity contribution >= 4 is 12.0 Å². The van der Waals surface area contributed by atoms with Crippen LogP contribution < -0.4 is 10.6 Å². The SMILES string of the molecule is Cc1nnc(NC(=O)NC(C)(C)C)o1. The fourth-order valence-corrected chi connectivity index (χ4v) is 0.816. The number of nitrogens with one attached hydrogen (secondary N) is 2. The zero-order chi connectivity index (χ0) is 10.8. The van der Waals surface area contributed by atoms with Crippen molar-refractivity contribution in [1.29, 1.82) is 0 Å². The Hall–Kier alpha value is -1.59. The van der Waals surface area contributed by atoms with Crippen LogP contribution in [-0.2, 0) is 0 Å². The van der Waals surface area contributed by atoms with Gasteiger partial charge in [-0.25, -0.2) is 4.79 Å². The molecule has 0 saturated carbocycles. The van der Waals surface area contributed by atoms with E-state index in [1.807, 2.05) is 20.8 Å². The van der Waals surface area contributed by atoms with E-state index in [-0.39, 0.29) is 17.6 Å². The quantitative estimate of drug-likeness (QED) is 0.712. The molecule has 6 nitrogen and oxygen atoms in total. The summed E-state index contributed by atoms with van der Waals surface area (Å²) in [6.45, 7) is 7.29. The van der Waals surface area contributed by atoms with E-state index in [0.717, 1.165) is 0 Å². The number of aromatic nitrogens is 2. The third-order valence-corrected chi connectivity index (χ3v) is 1.24. The van der Waals surface area contributed by atoms with E-state index < -0.39 is 0 Å². The number of hydrogen-bond acceptors (Lipinski definition) is 4. The summed E-state index contributed by atoms with van der Waals surface area (Å²) in [5.74, 6) is 0.413. The Balaban J connectivity index is 2.50. The van der Waals surface area contributed by atoms with Gasteiger partial charge in [0.25, 0.3) is 0 Å². The molecule has 1 aromatic heterocycles. The minimum absolute atomic E-state index is 0.101. The maximum Gasteiger partial charge on any atom is 0.323 e. The highest BCUT2D eigenvalue weighted by atomic mass is 16.4. The second-order valence-electron chi connectivity index (χ2n) is 3.96. The van der Waals surface area contributed by atoms with Gasteiger partial charge in [0, 0.05) is 12.5 Å². The highest BCUT2D eigenvalue weighted by Gasteiger charge is 2.15. The molecule has 0 unspecified atom stereocenters. The maximum atomic E-state index is 11.3. The Bertz CT molecular complexity index is 326. The predicted octanol–water partition coefficient (Wildman–Crippen LogP) is 1.30. The summed E-state index contributed by atoms with van der Waals surface area (Å²) in [5, 5.41) is 12.3. The molecule has 0 atom stereocenters. The van der Waals surface area contributed by atoms with Crippen molar-refractivity contribution in [3.05, 3.63) is 5.89 Å². The number of carbonyl (C=O) groups excluding carboxylic acids is 1. The minimum atomic E-state index is -0.360. The highest BCUT2D eigenvalue weighted by Crippen LogP contribution is 2.04. The lowest BCUT2D eigenvalue weighted by Gasteiger charge is -2.19. The third kappa shape index (κ3) is 3.42. The molecule has 0 bridgehead atoms. The fraction of sp³-hybridized carbons (Fsp3) is 0.625. The number of nitrogens with zero attached hydrogens (tertiary/aromatic N) is 2. The number of hydrogen-bond donors (Lipinski definition) is 2. The summed E-state index contributed by atoms with van der Waals surface area (Å²) in [4.78, 5) is 11.3. The van der Waals surface area contributed by atoms with Gasteiger partial charge in [-0.1, -0.05) is 5.10 Å². The van der Waals surface area contributed by atoms with Gasteiger partial charge in [0.2, 0.25) is 5.89 Å². The first-order chi connectivity index (χ1) is 6.37. The van der Waals surface area contributed by atoms with Crippen molar-refractivity contribution in [3.63, 3.8) is 0 Å². The Morgan fingerprint density at radius 1 is 1.36 bits per heavy atom.